The Balaban J connectivity index is 2.24. The monoisotopic (exact) mass is 433 g/mol. The van der Waals surface area contributed by atoms with Gasteiger partial charge in [0.1, 0.15) is 17.3 Å². The third kappa shape index (κ3) is 3.43. The van der Waals surface area contributed by atoms with Crippen molar-refractivity contribution >= 4 is 50.0 Å². The predicted molar refractivity (Wildman–Crippen MR) is 100 cm³/mol. The molecule has 0 radical (unpaired) electrons. The first-order valence-electron chi connectivity index (χ1n) is 7.49. The van der Waals surface area contributed by atoms with E-state index in [0.717, 1.165) is 10.4 Å². The molecule has 11 heteroatoms. The van der Waals surface area contributed by atoms with Crippen LogP contribution in [-0.2, 0) is 14.8 Å². The minimum absolute atomic E-state index is 0.0810. The van der Waals surface area contributed by atoms with Crippen molar-refractivity contribution in [1.29, 1.82) is 0 Å². The second-order valence-corrected chi connectivity index (χ2v) is 7.94. The molecule has 0 fully saturated rings. The van der Waals surface area contributed by atoms with E-state index in [1.165, 1.54) is 24.5 Å². The Bertz CT molecular complexity index is 1100. The largest absolute Gasteiger partial charge is 0.479 e. The summed E-state index contributed by atoms with van der Waals surface area (Å²) in [4.78, 5) is 3.66. The van der Waals surface area contributed by atoms with E-state index in [-0.39, 0.29) is 16.5 Å². The van der Waals surface area contributed by atoms with E-state index in [4.69, 9.17) is 32.9 Å². The number of methoxy groups -OCH3 is 2. The highest BCUT2D eigenvalue weighted by Crippen LogP contribution is 2.36. The van der Waals surface area contributed by atoms with Gasteiger partial charge in [0.2, 0.25) is 5.88 Å². The number of ether oxygens (including phenoxy) is 2. The molecule has 0 bridgehead atoms. The fourth-order valence-electron chi connectivity index (χ4n) is 2.59. The van der Waals surface area contributed by atoms with E-state index in [1.54, 1.807) is 24.3 Å². The van der Waals surface area contributed by atoms with Crippen molar-refractivity contribution in [2.45, 2.75) is 4.90 Å². The Hall–Kier alpha value is -2.07. The minimum atomic E-state index is -4.21. The van der Waals surface area contributed by atoms with Gasteiger partial charge in [-0.15, -0.1) is 0 Å². The lowest BCUT2D eigenvalue weighted by Gasteiger charge is -2.24. The number of fused-ring (bicyclic) bond motifs is 1. The molecule has 27 heavy (non-hydrogen) atoms. The number of pyridine rings is 1. The zero-order valence-electron chi connectivity index (χ0n) is 14.2. The molecule has 0 N–H and O–H groups in total. The van der Waals surface area contributed by atoms with E-state index >= 15 is 0 Å². The normalized spacial score (nSPS) is 11.7. The molecule has 3 aromatic rings. The van der Waals surface area contributed by atoms with Gasteiger partial charge in [0, 0.05) is 36.5 Å². The number of benzene rings is 1. The van der Waals surface area contributed by atoms with Crippen LogP contribution in [0.15, 0.2) is 41.4 Å². The molecule has 0 aliphatic carbocycles. The maximum atomic E-state index is 14.0. The summed E-state index contributed by atoms with van der Waals surface area (Å²) >= 11 is 11.8. The Labute approximate surface area is 165 Å². The molecule has 2 heterocycles. The van der Waals surface area contributed by atoms with Gasteiger partial charge in [0.15, 0.2) is 11.0 Å². The van der Waals surface area contributed by atoms with Gasteiger partial charge in [-0.2, -0.15) is 4.98 Å². The standard InChI is InChI=1S/C16H14Cl2FN3O4S/c1-25-9-22(13-7-11(19)15(17)20-16(13)26-2)27(23,24)14-8-21(18)12-6-4-3-5-10(12)14/h3-8H,9H2,1-2H3. The Morgan fingerprint density at radius 3 is 2.67 bits per heavy atom. The van der Waals surface area contributed by atoms with E-state index in [9.17, 15) is 12.8 Å². The Morgan fingerprint density at radius 2 is 2.00 bits per heavy atom. The van der Waals surface area contributed by atoms with Gasteiger partial charge in [0.25, 0.3) is 10.0 Å². The third-order valence-corrected chi connectivity index (χ3v) is 6.09. The SMILES string of the molecule is COCN(c1cc(F)c(Cl)nc1OC)S(=O)(=O)c1cn(Cl)c2ccccc12. The molecule has 7 nitrogen and oxygen atoms in total. The molecule has 1 aromatic carbocycles. The van der Waals surface area contributed by atoms with Crippen molar-refractivity contribution < 1.29 is 22.3 Å². The number of hydrogen-bond acceptors (Lipinski definition) is 5. The number of anilines is 1. The van der Waals surface area contributed by atoms with Crippen LogP contribution in [0.3, 0.4) is 0 Å². The van der Waals surface area contributed by atoms with Crippen molar-refractivity contribution in [2.75, 3.05) is 25.3 Å². The van der Waals surface area contributed by atoms with Gasteiger partial charge in [-0.3, -0.25) is 4.09 Å². The highest BCUT2D eigenvalue weighted by Gasteiger charge is 2.32. The maximum Gasteiger partial charge on any atom is 0.268 e. The van der Waals surface area contributed by atoms with Crippen molar-refractivity contribution in [3.05, 3.63) is 47.5 Å². The molecule has 0 unspecified atom stereocenters. The topological polar surface area (TPSA) is 73.7 Å². The van der Waals surface area contributed by atoms with Gasteiger partial charge < -0.3 is 9.47 Å². The molecule has 0 aliphatic heterocycles. The molecule has 0 atom stereocenters. The summed E-state index contributed by atoms with van der Waals surface area (Å²) in [5.74, 6) is -1.07. The summed E-state index contributed by atoms with van der Waals surface area (Å²) in [7, 11) is -1.64. The highest BCUT2D eigenvalue weighted by atomic mass is 35.5. The molecule has 3 rings (SSSR count). The summed E-state index contributed by atoms with van der Waals surface area (Å²) in [6.45, 7) is -0.413. The molecule has 0 amide bonds. The number of nitrogens with zero attached hydrogens (tertiary/aromatic N) is 3. The fourth-order valence-corrected chi connectivity index (χ4v) is 4.58. The summed E-state index contributed by atoms with van der Waals surface area (Å²) in [6.07, 6.45) is 1.26. The Kier molecular flexibility index (Phi) is 5.48. The predicted octanol–water partition coefficient (Wildman–Crippen LogP) is 3.64. The highest BCUT2D eigenvalue weighted by molar-refractivity contribution is 7.93. The quantitative estimate of drug-likeness (QED) is 0.438. The van der Waals surface area contributed by atoms with Crippen molar-refractivity contribution in [1.82, 2.24) is 9.07 Å². The average Bonchev–Trinajstić information content (AvgIpc) is 2.99. The van der Waals surface area contributed by atoms with Crippen LogP contribution in [0.25, 0.3) is 10.9 Å². The molecule has 2 aromatic heterocycles. The van der Waals surface area contributed by atoms with Gasteiger partial charge in [0.05, 0.1) is 12.6 Å². The number of hydrogen-bond donors (Lipinski definition) is 0. The molecular formula is C16H14Cl2FN3O4S. The van der Waals surface area contributed by atoms with Crippen LogP contribution in [0.5, 0.6) is 5.88 Å². The Morgan fingerprint density at radius 1 is 1.30 bits per heavy atom. The smallest absolute Gasteiger partial charge is 0.268 e. The molecule has 0 saturated heterocycles. The second kappa shape index (κ2) is 7.51. The number of para-hydroxylation sites is 1. The van der Waals surface area contributed by atoms with Crippen LogP contribution < -0.4 is 9.04 Å². The van der Waals surface area contributed by atoms with E-state index in [1.807, 2.05) is 0 Å². The maximum absolute atomic E-state index is 14.0. The van der Waals surface area contributed by atoms with Crippen LogP contribution in [0.2, 0.25) is 5.15 Å². The molecule has 0 aliphatic rings. The van der Waals surface area contributed by atoms with Gasteiger partial charge in [-0.25, -0.2) is 17.1 Å². The van der Waals surface area contributed by atoms with Crippen molar-refractivity contribution in [3.8, 4) is 5.88 Å². The average molecular weight is 434 g/mol. The summed E-state index contributed by atoms with van der Waals surface area (Å²) in [6, 6.07) is 7.62. The van der Waals surface area contributed by atoms with Crippen LogP contribution in [0.4, 0.5) is 10.1 Å². The van der Waals surface area contributed by atoms with Crippen LogP contribution in [0.1, 0.15) is 0 Å². The number of halogens is 3. The van der Waals surface area contributed by atoms with Gasteiger partial charge in [-0.1, -0.05) is 29.8 Å². The summed E-state index contributed by atoms with van der Waals surface area (Å²) in [5.41, 5.74) is 0.343. The zero-order chi connectivity index (χ0) is 19.8. The van der Waals surface area contributed by atoms with Crippen LogP contribution in [-0.4, -0.2) is 38.4 Å². The lowest BCUT2D eigenvalue weighted by atomic mass is 10.2. The van der Waals surface area contributed by atoms with Gasteiger partial charge >= 0.3 is 0 Å². The van der Waals surface area contributed by atoms with Crippen molar-refractivity contribution in [2.24, 2.45) is 0 Å². The molecule has 144 valence electrons. The fraction of sp³-hybridized carbons (Fsp3) is 0.188. The molecular weight excluding hydrogens is 420 g/mol. The van der Waals surface area contributed by atoms with Gasteiger partial charge in [-0.05, 0) is 6.07 Å². The third-order valence-electron chi connectivity index (χ3n) is 3.79. The molecule has 0 saturated carbocycles. The van der Waals surface area contributed by atoms with Crippen molar-refractivity contribution in [3.63, 3.8) is 0 Å². The van der Waals surface area contributed by atoms with Crippen LogP contribution >= 0.6 is 23.4 Å². The number of sulfonamides is 1. The lowest BCUT2D eigenvalue weighted by Crippen LogP contribution is -2.33. The van der Waals surface area contributed by atoms with Crippen LogP contribution in [0, 0.1) is 5.82 Å². The van der Waals surface area contributed by atoms with E-state index in [2.05, 4.69) is 4.98 Å². The first-order chi connectivity index (χ1) is 12.8. The number of aromatic nitrogens is 2. The lowest BCUT2D eigenvalue weighted by molar-refractivity contribution is 0.209. The zero-order valence-corrected chi connectivity index (χ0v) is 16.5. The number of rotatable bonds is 6. The minimum Gasteiger partial charge on any atom is -0.479 e. The first-order valence-corrected chi connectivity index (χ1v) is 9.64. The first kappa shape index (κ1) is 19.7. The van der Waals surface area contributed by atoms with E-state index in [0.29, 0.717) is 10.9 Å². The van der Waals surface area contributed by atoms with E-state index < -0.39 is 27.7 Å². The molecule has 0 spiro atoms. The summed E-state index contributed by atoms with van der Waals surface area (Å²) < 4.78 is 52.8. The second-order valence-electron chi connectivity index (χ2n) is 5.38. The summed E-state index contributed by atoms with van der Waals surface area (Å²) in [5, 5.41) is -0.0438.